The van der Waals surface area contributed by atoms with E-state index in [9.17, 15) is 4.79 Å². The molecule has 0 saturated carbocycles. The lowest BCUT2D eigenvalue weighted by atomic mass is 10.1. The predicted molar refractivity (Wildman–Crippen MR) is 109 cm³/mol. The number of piperazine rings is 1. The maximum absolute atomic E-state index is 13.0. The van der Waals surface area contributed by atoms with Gasteiger partial charge in [-0.15, -0.1) is 22.7 Å². The molecule has 4 rings (SSSR count). The molecule has 1 amide bonds. The monoisotopic (exact) mass is 409 g/mol. The highest BCUT2D eigenvalue weighted by molar-refractivity contribution is 7.16. The maximum atomic E-state index is 13.0. The third-order valence-corrected chi connectivity index (χ3v) is 7.68. The summed E-state index contributed by atoms with van der Waals surface area (Å²) in [4.78, 5) is 22.6. The van der Waals surface area contributed by atoms with E-state index in [-0.39, 0.29) is 11.9 Å². The number of carbonyl (C=O) groups is 1. The fourth-order valence-electron chi connectivity index (χ4n) is 3.82. The SMILES string of the molecule is CC(C(=O)N1CCc2sccc2C1)N1CCN(Cc2ccc(Cl)s2)CC1. The minimum absolute atomic E-state index is 0.0338. The van der Waals surface area contributed by atoms with Gasteiger partial charge in [-0.3, -0.25) is 14.6 Å². The van der Waals surface area contributed by atoms with Gasteiger partial charge in [-0.1, -0.05) is 11.6 Å². The molecular weight excluding hydrogens is 386 g/mol. The highest BCUT2D eigenvalue weighted by atomic mass is 35.5. The number of carbonyl (C=O) groups excluding carboxylic acids is 1. The van der Waals surface area contributed by atoms with Gasteiger partial charge in [0, 0.05) is 55.6 Å². The molecule has 4 heterocycles. The van der Waals surface area contributed by atoms with Gasteiger partial charge in [0.05, 0.1) is 10.4 Å². The van der Waals surface area contributed by atoms with E-state index in [1.807, 2.05) is 22.3 Å². The molecule has 1 atom stereocenters. The van der Waals surface area contributed by atoms with Crippen molar-refractivity contribution in [2.75, 3.05) is 32.7 Å². The lowest BCUT2D eigenvalue weighted by Crippen LogP contribution is -2.54. The number of rotatable bonds is 4. The lowest BCUT2D eigenvalue weighted by Gasteiger charge is -2.39. The summed E-state index contributed by atoms with van der Waals surface area (Å²) in [5.41, 5.74) is 1.33. The van der Waals surface area contributed by atoms with E-state index in [0.29, 0.717) is 0 Å². The summed E-state index contributed by atoms with van der Waals surface area (Å²) < 4.78 is 0.855. The van der Waals surface area contributed by atoms with Gasteiger partial charge in [0.15, 0.2) is 0 Å². The number of thiophene rings is 2. The summed E-state index contributed by atoms with van der Waals surface area (Å²) in [6, 6.07) is 6.21. The van der Waals surface area contributed by atoms with Crippen LogP contribution in [0.1, 0.15) is 22.2 Å². The van der Waals surface area contributed by atoms with E-state index in [2.05, 4.69) is 34.2 Å². The summed E-state index contributed by atoms with van der Waals surface area (Å²) >= 11 is 9.50. The van der Waals surface area contributed by atoms with Crippen LogP contribution in [-0.4, -0.2) is 59.4 Å². The van der Waals surface area contributed by atoms with Crippen molar-refractivity contribution < 1.29 is 4.79 Å². The Kier molecular flexibility index (Phi) is 5.66. The zero-order valence-electron chi connectivity index (χ0n) is 15.0. The van der Waals surface area contributed by atoms with Gasteiger partial charge < -0.3 is 4.90 Å². The van der Waals surface area contributed by atoms with Gasteiger partial charge in [0.1, 0.15) is 0 Å². The van der Waals surface area contributed by atoms with Crippen molar-refractivity contribution in [3.05, 3.63) is 43.2 Å². The third kappa shape index (κ3) is 3.99. The summed E-state index contributed by atoms with van der Waals surface area (Å²) in [5, 5.41) is 2.14. The Labute approximate surface area is 168 Å². The van der Waals surface area contributed by atoms with Gasteiger partial charge in [-0.25, -0.2) is 0 Å². The number of nitrogens with zero attached hydrogens (tertiary/aromatic N) is 3. The van der Waals surface area contributed by atoms with Crippen LogP contribution in [0.15, 0.2) is 23.6 Å². The van der Waals surface area contributed by atoms with E-state index in [1.54, 1.807) is 11.3 Å². The van der Waals surface area contributed by atoms with Crippen molar-refractivity contribution in [2.45, 2.75) is 32.5 Å². The second-order valence-corrected chi connectivity index (χ2v) is 9.87. The molecule has 0 aromatic carbocycles. The van der Waals surface area contributed by atoms with Crippen LogP contribution in [0.2, 0.25) is 4.34 Å². The topological polar surface area (TPSA) is 26.8 Å². The van der Waals surface area contributed by atoms with Crippen LogP contribution >= 0.6 is 34.3 Å². The van der Waals surface area contributed by atoms with Crippen LogP contribution in [0.25, 0.3) is 0 Å². The van der Waals surface area contributed by atoms with E-state index < -0.39 is 0 Å². The number of hydrogen-bond acceptors (Lipinski definition) is 5. The molecule has 0 N–H and O–H groups in total. The Balaban J connectivity index is 1.29. The largest absolute Gasteiger partial charge is 0.337 e. The Morgan fingerprint density at radius 1 is 1.19 bits per heavy atom. The molecule has 7 heteroatoms. The first kappa shape index (κ1) is 18.4. The molecule has 1 unspecified atom stereocenters. The molecule has 140 valence electrons. The molecule has 1 fully saturated rings. The summed E-state index contributed by atoms with van der Waals surface area (Å²) in [6.07, 6.45) is 1.00. The minimum atomic E-state index is -0.0338. The second kappa shape index (κ2) is 7.98. The number of hydrogen-bond donors (Lipinski definition) is 0. The van der Waals surface area contributed by atoms with Crippen LogP contribution in [0.5, 0.6) is 0 Å². The number of halogens is 1. The van der Waals surface area contributed by atoms with Gasteiger partial charge in [0.25, 0.3) is 0 Å². The van der Waals surface area contributed by atoms with Crippen LogP contribution in [0.4, 0.5) is 0 Å². The first-order valence-electron chi connectivity index (χ1n) is 9.15. The Morgan fingerprint density at radius 2 is 2.00 bits per heavy atom. The van der Waals surface area contributed by atoms with Crippen LogP contribution in [-0.2, 0) is 24.3 Å². The van der Waals surface area contributed by atoms with Crippen LogP contribution in [0.3, 0.4) is 0 Å². The van der Waals surface area contributed by atoms with E-state index >= 15 is 0 Å². The van der Waals surface area contributed by atoms with Crippen molar-refractivity contribution in [3.63, 3.8) is 0 Å². The van der Waals surface area contributed by atoms with Crippen LogP contribution < -0.4 is 0 Å². The number of amides is 1. The summed E-state index contributed by atoms with van der Waals surface area (Å²) in [7, 11) is 0. The fraction of sp³-hybridized carbons (Fsp3) is 0.526. The zero-order chi connectivity index (χ0) is 18.1. The minimum Gasteiger partial charge on any atom is -0.337 e. The molecule has 2 aliphatic heterocycles. The first-order valence-corrected chi connectivity index (χ1v) is 11.2. The highest BCUT2D eigenvalue weighted by Gasteiger charge is 2.30. The molecule has 26 heavy (non-hydrogen) atoms. The summed E-state index contributed by atoms with van der Waals surface area (Å²) in [6.45, 7) is 8.56. The summed E-state index contributed by atoms with van der Waals surface area (Å²) in [5.74, 6) is 0.278. The third-order valence-electron chi connectivity index (χ3n) is 5.44. The highest BCUT2D eigenvalue weighted by Crippen LogP contribution is 2.26. The fourth-order valence-corrected chi connectivity index (χ4v) is 5.84. The molecule has 1 saturated heterocycles. The van der Waals surface area contributed by atoms with Crippen molar-refractivity contribution >= 4 is 40.2 Å². The Hall–Kier alpha value is -0.920. The average Bonchev–Trinajstić information content (AvgIpc) is 3.29. The standard InChI is InChI=1S/C19H24ClN3OS2/c1-14(19(24)23-6-4-17-15(12-23)5-11-25-17)22-9-7-21(8-10-22)13-16-2-3-18(20)26-16/h2-3,5,11,14H,4,6-10,12-13H2,1H3. The first-order chi connectivity index (χ1) is 12.6. The van der Waals surface area contributed by atoms with Gasteiger partial charge in [0.2, 0.25) is 5.91 Å². The quantitative estimate of drug-likeness (QED) is 0.772. The predicted octanol–water partition coefficient (Wildman–Crippen LogP) is 3.55. The number of fused-ring (bicyclic) bond motifs is 1. The molecule has 4 nitrogen and oxygen atoms in total. The van der Waals surface area contributed by atoms with E-state index in [1.165, 1.54) is 15.3 Å². The molecule has 0 radical (unpaired) electrons. The normalized spacial score (nSPS) is 20.2. The molecule has 0 bridgehead atoms. The van der Waals surface area contributed by atoms with E-state index in [0.717, 1.165) is 56.6 Å². The molecule has 2 aromatic heterocycles. The van der Waals surface area contributed by atoms with Gasteiger partial charge in [-0.05, 0) is 42.5 Å². The van der Waals surface area contributed by atoms with Gasteiger partial charge in [-0.2, -0.15) is 0 Å². The van der Waals surface area contributed by atoms with Crippen molar-refractivity contribution in [3.8, 4) is 0 Å². The van der Waals surface area contributed by atoms with E-state index in [4.69, 9.17) is 11.6 Å². The van der Waals surface area contributed by atoms with Crippen LogP contribution in [0, 0.1) is 0 Å². The Morgan fingerprint density at radius 3 is 2.73 bits per heavy atom. The van der Waals surface area contributed by atoms with Crippen molar-refractivity contribution in [1.82, 2.24) is 14.7 Å². The second-order valence-electron chi connectivity index (χ2n) is 7.07. The molecule has 0 aliphatic carbocycles. The Bertz CT molecular complexity index is 766. The molecule has 0 spiro atoms. The zero-order valence-corrected chi connectivity index (χ0v) is 17.4. The lowest BCUT2D eigenvalue weighted by molar-refractivity contribution is -0.138. The molecule has 2 aromatic rings. The van der Waals surface area contributed by atoms with Crippen molar-refractivity contribution in [2.24, 2.45) is 0 Å². The van der Waals surface area contributed by atoms with Crippen molar-refractivity contribution in [1.29, 1.82) is 0 Å². The maximum Gasteiger partial charge on any atom is 0.239 e. The molecular formula is C19H24ClN3OS2. The molecule has 2 aliphatic rings. The smallest absolute Gasteiger partial charge is 0.239 e. The average molecular weight is 410 g/mol. The van der Waals surface area contributed by atoms with Gasteiger partial charge >= 0.3 is 0 Å².